The lowest BCUT2D eigenvalue weighted by atomic mass is 10.2. The van der Waals surface area contributed by atoms with E-state index in [0.29, 0.717) is 16.3 Å². The zero-order valence-electron chi connectivity index (χ0n) is 8.74. The van der Waals surface area contributed by atoms with Crippen molar-refractivity contribution in [2.75, 3.05) is 0 Å². The smallest absolute Gasteiger partial charge is 0.367 e. The Morgan fingerprint density at radius 3 is 2.94 bits per heavy atom. The van der Waals surface area contributed by atoms with Crippen LogP contribution < -0.4 is 0 Å². The fraction of sp³-hybridized carbons (Fsp3) is 0. The number of aromatic carboxylic acids is 1. The molecule has 8 heteroatoms. The molecule has 0 unspecified atom stereocenters. The molecule has 0 atom stereocenters. The van der Waals surface area contributed by atoms with E-state index in [1.165, 1.54) is 22.7 Å². The molecule has 0 saturated heterocycles. The number of benzene rings is 1. The Kier molecular flexibility index (Phi) is 2.30. The molecule has 2 heterocycles. The lowest BCUT2D eigenvalue weighted by molar-refractivity contribution is 0.0695. The van der Waals surface area contributed by atoms with E-state index in [-0.39, 0.29) is 5.01 Å². The van der Waals surface area contributed by atoms with Gasteiger partial charge in [-0.1, -0.05) is 23.5 Å². The van der Waals surface area contributed by atoms with E-state index in [2.05, 4.69) is 15.3 Å². The van der Waals surface area contributed by atoms with Gasteiger partial charge >= 0.3 is 5.97 Å². The molecule has 0 amide bonds. The van der Waals surface area contributed by atoms with Crippen LogP contribution in [0.3, 0.4) is 0 Å². The van der Waals surface area contributed by atoms with Crippen LogP contribution in [0, 0.1) is 5.82 Å². The van der Waals surface area contributed by atoms with Gasteiger partial charge in [-0.15, -0.1) is 15.3 Å². The summed E-state index contributed by atoms with van der Waals surface area (Å²) in [5.41, 5.74) is 0.490. The molecular formula is C10H5FN4O2S. The quantitative estimate of drug-likeness (QED) is 0.761. The standard InChI is InChI=1S/C10H5FN4O2S/c11-6-3-1-2-5(4-6)7-12-13-10-15(7)14-8(18-10)9(16)17/h1-4H,(H,16,17). The topological polar surface area (TPSA) is 80.4 Å². The van der Waals surface area contributed by atoms with E-state index in [9.17, 15) is 9.18 Å². The number of rotatable bonds is 2. The first-order valence-electron chi connectivity index (χ1n) is 4.86. The van der Waals surface area contributed by atoms with Crippen LogP contribution in [-0.2, 0) is 0 Å². The molecule has 3 aromatic rings. The number of nitrogens with zero attached hydrogens (tertiary/aromatic N) is 4. The Bertz CT molecular complexity index is 751. The molecule has 0 bridgehead atoms. The normalized spacial score (nSPS) is 10.9. The largest absolute Gasteiger partial charge is 0.476 e. The van der Waals surface area contributed by atoms with Gasteiger partial charge in [0.25, 0.3) is 0 Å². The van der Waals surface area contributed by atoms with Crippen molar-refractivity contribution < 1.29 is 14.3 Å². The number of aromatic nitrogens is 4. The maximum atomic E-state index is 13.1. The van der Waals surface area contributed by atoms with Crippen molar-refractivity contribution >= 4 is 22.3 Å². The summed E-state index contributed by atoms with van der Waals surface area (Å²) in [5, 5.41) is 20.3. The number of carbonyl (C=O) groups is 1. The summed E-state index contributed by atoms with van der Waals surface area (Å²) in [5.74, 6) is -1.22. The van der Waals surface area contributed by atoms with Crippen molar-refractivity contribution in [2.45, 2.75) is 0 Å². The molecule has 0 radical (unpaired) electrons. The third-order valence-electron chi connectivity index (χ3n) is 2.26. The van der Waals surface area contributed by atoms with E-state index >= 15 is 0 Å². The highest BCUT2D eigenvalue weighted by Crippen LogP contribution is 2.21. The van der Waals surface area contributed by atoms with Crippen LogP contribution in [-0.4, -0.2) is 30.9 Å². The average molecular weight is 264 g/mol. The monoisotopic (exact) mass is 264 g/mol. The van der Waals surface area contributed by atoms with Crippen molar-refractivity contribution in [3.63, 3.8) is 0 Å². The fourth-order valence-electron chi connectivity index (χ4n) is 1.51. The number of carboxylic acid groups (broad SMARTS) is 1. The Balaban J connectivity index is 2.20. The van der Waals surface area contributed by atoms with E-state index in [1.54, 1.807) is 6.07 Å². The Labute approximate surface area is 103 Å². The van der Waals surface area contributed by atoms with E-state index < -0.39 is 11.8 Å². The molecule has 0 spiro atoms. The van der Waals surface area contributed by atoms with Gasteiger partial charge in [0.1, 0.15) is 5.82 Å². The van der Waals surface area contributed by atoms with Gasteiger partial charge in [0.15, 0.2) is 5.82 Å². The first-order chi connectivity index (χ1) is 8.65. The van der Waals surface area contributed by atoms with Gasteiger partial charge in [-0.05, 0) is 12.1 Å². The van der Waals surface area contributed by atoms with Crippen LogP contribution >= 0.6 is 11.3 Å². The Morgan fingerprint density at radius 1 is 1.39 bits per heavy atom. The molecule has 1 N–H and O–H groups in total. The van der Waals surface area contributed by atoms with Crippen LogP contribution in [0.2, 0.25) is 0 Å². The third-order valence-corrected chi connectivity index (χ3v) is 3.14. The van der Waals surface area contributed by atoms with Crippen LogP contribution in [0.1, 0.15) is 9.80 Å². The fourth-order valence-corrected chi connectivity index (χ4v) is 2.19. The van der Waals surface area contributed by atoms with Gasteiger partial charge in [-0.3, -0.25) is 0 Å². The summed E-state index contributed by atoms with van der Waals surface area (Å²) in [7, 11) is 0. The Hall–Kier alpha value is -2.35. The highest BCUT2D eigenvalue weighted by molar-refractivity contribution is 7.18. The van der Waals surface area contributed by atoms with Gasteiger partial charge in [0.05, 0.1) is 0 Å². The van der Waals surface area contributed by atoms with Crippen molar-refractivity contribution in [3.8, 4) is 11.4 Å². The zero-order chi connectivity index (χ0) is 12.7. The molecule has 0 aliphatic carbocycles. The second-order valence-corrected chi connectivity index (χ2v) is 4.40. The third kappa shape index (κ3) is 1.63. The Morgan fingerprint density at radius 2 is 2.22 bits per heavy atom. The maximum absolute atomic E-state index is 13.1. The summed E-state index contributed by atoms with van der Waals surface area (Å²) < 4.78 is 14.4. The highest BCUT2D eigenvalue weighted by atomic mass is 32.1. The molecule has 6 nitrogen and oxygen atoms in total. The van der Waals surface area contributed by atoms with Gasteiger partial charge in [-0.2, -0.15) is 4.52 Å². The summed E-state index contributed by atoms with van der Waals surface area (Å²) in [4.78, 5) is 11.2. The molecule has 0 aliphatic rings. The number of halogens is 1. The van der Waals surface area contributed by atoms with E-state index in [4.69, 9.17) is 5.11 Å². The minimum absolute atomic E-state index is 0.0856. The number of hydrogen-bond donors (Lipinski definition) is 1. The van der Waals surface area contributed by atoms with Gasteiger partial charge < -0.3 is 5.11 Å². The zero-order valence-corrected chi connectivity index (χ0v) is 9.56. The summed E-state index contributed by atoms with van der Waals surface area (Å²) >= 11 is 0.910. The SMILES string of the molecule is O=C(O)c1nn2c(-c3cccc(F)c3)nnc2s1. The molecule has 0 fully saturated rings. The van der Waals surface area contributed by atoms with E-state index in [0.717, 1.165) is 11.3 Å². The van der Waals surface area contributed by atoms with Crippen LogP contribution in [0.4, 0.5) is 4.39 Å². The number of carboxylic acids is 1. The molecule has 90 valence electrons. The summed E-state index contributed by atoms with van der Waals surface area (Å²) in [6.07, 6.45) is 0. The lowest BCUT2D eigenvalue weighted by Gasteiger charge is -1.96. The number of hydrogen-bond acceptors (Lipinski definition) is 5. The second kappa shape index (κ2) is 3.84. The molecule has 2 aromatic heterocycles. The lowest BCUT2D eigenvalue weighted by Crippen LogP contribution is -1.98. The van der Waals surface area contributed by atoms with E-state index in [1.807, 2.05) is 0 Å². The highest BCUT2D eigenvalue weighted by Gasteiger charge is 2.16. The second-order valence-electron chi connectivity index (χ2n) is 3.44. The summed E-state index contributed by atoms with van der Waals surface area (Å²) in [6.45, 7) is 0. The minimum atomic E-state index is -1.13. The van der Waals surface area contributed by atoms with Crippen molar-refractivity contribution in [2.24, 2.45) is 0 Å². The summed E-state index contributed by atoms with van der Waals surface area (Å²) in [6, 6.07) is 5.79. The predicted molar refractivity (Wildman–Crippen MR) is 61.0 cm³/mol. The minimum Gasteiger partial charge on any atom is -0.476 e. The van der Waals surface area contributed by atoms with Crippen molar-refractivity contribution in [1.82, 2.24) is 19.8 Å². The maximum Gasteiger partial charge on any atom is 0.367 e. The first kappa shape index (κ1) is 10.8. The van der Waals surface area contributed by atoms with Crippen molar-refractivity contribution in [3.05, 3.63) is 35.1 Å². The van der Waals surface area contributed by atoms with Gasteiger partial charge in [-0.25, -0.2) is 9.18 Å². The number of fused-ring (bicyclic) bond motifs is 1. The van der Waals surface area contributed by atoms with Crippen molar-refractivity contribution in [1.29, 1.82) is 0 Å². The molecule has 0 saturated carbocycles. The van der Waals surface area contributed by atoms with Crippen LogP contribution in [0.25, 0.3) is 16.3 Å². The van der Waals surface area contributed by atoms with Crippen LogP contribution in [0.5, 0.6) is 0 Å². The van der Waals surface area contributed by atoms with Gasteiger partial charge in [0.2, 0.25) is 9.97 Å². The molecule has 0 aliphatic heterocycles. The van der Waals surface area contributed by atoms with Gasteiger partial charge in [0, 0.05) is 5.56 Å². The average Bonchev–Trinajstić information content (AvgIpc) is 2.87. The predicted octanol–water partition coefficient (Wildman–Crippen LogP) is 1.69. The molecule has 1 aromatic carbocycles. The molecular weight excluding hydrogens is 259 g/mol. The van der Waals surface area contributed by atoms with Crippen LogP contribution in [0.15, 0.2) is 24.3 Å². The first-order valence-corrected chi connectivity index (χ1v) is 5.68. The molecule has 18 heavy (non-hydrogen) atoms. The molecule has 3 rings (SSSR count).